The molecule has 0 radical (unpaired) electrons. The molecule has 0 atom stereocenters. The summed E-state index contributed by atoms with van der Waals surface area (Å²) in [5.74, 6) is -1.33. The lowest BCUT2D eigenvalue weighted by Crippen LogP contribution is -2.16. The molecular weight excluding hydrogens is 310 g/mol. The van der Waals surface area contributed by atoms with Gasteiger partial charge in [0.2, 0.25) is 0 Å². The molecule has 2 aromatic rings. The maximum Gasteiger partial charge on any atom is 0.258 e. The molecule has 1 saturated carbocycles. The molecule has 0 aliphatic heterocycles. The van der Waals surface area contributed by atoms with E-state index in [1.165, 1.54) is 25.7 Å². The molecule has 1 aliphatic rings. The van der Waals surface area contributed by atoms with Crippen LogP contribution in [-0.4, -0.2) is 9.97 Å². The summed E-state index contributed by atoms with van der Waals surface area (Å²) in [4.78, 5) is 19.0. The highest BCUT2D eigenvalue weighted by molar-refractivity contribution is 6.35. The normalized spacial score (nSPS) is 16.9. The van der Waals surface area contributed by atoms with E-state index in [1.807, 2.05) is 0 Å². The fourth-order valence-corrected chi connectivity index (χ4v) is 3.40. The second-order valence-electron chi connectivity index (χ2n) is 5.96. The number of nitrogens with zero attached hydrogens (tertiary/aromatic N) is 1. The summed E-state index contributed by atoms with van der Waals surface area (Å²) in [7, 11) is 0. The van der Waals surface area contributed by atoms with Crippen molar-refractivity contribution >= 4 is 22.5 Å². The quantitative estimate of drug-likeness (QED) is 0.658. The summed E-state index contributed by atoms with van der Waals surface area (Å²) < 4.78 is 26.9. The van der Waals surface area contributed by atoms with Crippen LogP contribution in [0.5, 0.6) is 0 Å². The number of rotatable bonds is 2. The second kappa shape index (κ2) is 6.32. The predicted octanol–water partition coefficient (Wildman–Crippen LogP) is 4.37. The molecule has 1 N–H and O–H groups in total. The van der Waals surface area contributed by atoms with Crippen molar-refractivity contribution in [3.63, 3.8) is 0 Å². The van der Waals surface area contributed by atoms with Gasteiger partial charge in [0.05, 0.1) is 10.9 Å². The largest absolute Gasteiger partial charge is 0.310 e. The maximum absolute atomic E-state index is 13.6. The van der Waals surface area contributed by atoms with Gasteiger partial charge in [0.15, 0.2) is 11.6 Å². The van der Waals surface area contributed by atoms with Gasteiger partial charge in [0.1, 0.15) is 10.8 Å². The number of hydrogen-bond acceptors (Lipinski definition) is 2. The number of fused-ring (bicyclic) bond motifs is 1. The first kappa shape index (κ1) is 15.4. The van der Waals surface area contributed by atoms with Gasteiger partial charge in [-0.25, -0.2) is 13.8 Å². The molecule has 1 heterocycles. The van der Waals surface area contributed by atoms with Crippen molar-refractivity contribution in [2.45, 2.75) is 44.9 Å². The summed E-state index contributed by atoms with van der Waals surface area (Å²) >= 11 is 5.81. The molecule has 3 rings (SSSR count). The fraction of sp³-hybridized carbons (Fsp3) is 0.500. The Morgan fingerprint density at radius 3 is 2.59 bits per heavy atom. The first-order valence-corrected chi connectivity index (χ1v) is 8.00. The van der Waals surface area contributed by atoms with Crippen molar-refractivity contribution in [1.82, 2.24) is 9.97 Å². The van der Waals surface area contributed by atoms with Crippen molar-refractivity contribution in [2.24, 2.45) is 5.92 Å². The monoisotopic (exact) mass is 326 g/mol. The highest BCUT2D eigenvalue weighted by Gasteiger charge is 2.18. The zero-order chi connectivity index (χ0) is 15.7. The van der Waals surface area contributed by atoms with Crippen molar-refractivity contribution < 1.29 is 8.78 Å². The van der Waals surface area contributed by atoms with Crippen LogP contribution in [0.3, 0.4) is 0 Å². The van der Waals surface area contributed by atoms with Crippen molar-refractivity contribution in [3.8, 4) is 0 Å². The molecule has 0 unspecified atom stereocenters. The molecule has 0 amide bonds. The van der Waals surface area contributed by atoms with Crippen LogP contribution >= 0.6 is 11.6 Å². The number of hydrogen-bond donors (Lipinski definition) is 1. The summed E-state index contributed by atoms with van der Waals surface area (Å²) in [5.41, 5.74) is -0.442. The van der Waals surface area contributed by atoms with Gasteiger partial charge < -0.3 is 4.98 Å². The standard InChI is InChI=1S/C16H17ClF2N2O/c17-13-14(19)11(18)8-10-15(13)20-12(21-16(10)22)7-9-5-3-1-2-4-6-9/h8-9H,1-7H2,(H,20,21,22). The van der Waals surface area contributed by atoms with Gasteiger partial charge in [-0.15, -0.1) is 0 Å². The van der Waals surface area contributed by atoms with Crippen LogP contribution in [0.4, 0.5) is 8.78 Å². The Kier molecular flexibility index (Phi) is 4.43. The molecule has 1 aliphatic carbocycles. The average Bonchev–Trinajstić information content (AvgIpc) is 2.75. The zero-order valence-electron chi connectivity index (χ0n) is 12.1. The van der Waals surface area contributed by atoms with Gasteiger partial charge in [-0.05, 0) is 12.0 Å². The third-order valence-corrected chi connectivity index (χ3v) is 4.69. The number of H-pyrrole nitrogens is 1. The number of benzene rings is 1. The van der Waals surface area contributed by atoms with Gasteiger partial charge in [0, 0.05) is 6.42 Å². The SMILES string of the molecule is O=c1[nH]c(CC2CCCCCC2)nc2c(Cl)c(F)c(F)cc12. The molecular formula is C16H17ClF2N2O. The second-order valence-corrected chi connectivity index (χ2v) is 6.33. The Labute approximate surface area is 131 Å². The minimum Gasteiger partial charge on any atom is -0.310 e. The lowest BCUT2D eigenvalue weighted by atomic mass is 9.96. The highest BCUT2D eigenvalue weighted by atomic mass is 35.5. The first-order valence-electron chi connectivity index (χ1n) is 7.62. The number of aromatic nitrogens is 2. The van der Waals surface area contributed by atoms with Crippen LogP contribution in [0, 0.1) is 17.6 Å². The van der Waals surface area contributed by atoms with Crippen molar-refractivity contribution in [3.05, 3.63) is 38.9 Å². The van der Waals surface area contributed by atoms with E-state index in [9.17, 15) is 13.6 Å². The predicted molar refractivity (Wildman–Crippen MR) is 82.2 cm³/mol. The van der Waals surface area contributed by atoms with Crippen LogP contribution in [0.25, 0.3) is 10.9 Å². The molecule has 0 saturated heterocycles. The van der Waals surface area contributed by atoms with Gasteiger partial charge in [-0.2, -0.15) is 0 Å². The summed E-state index contributed by atoms with van der Waals surface area (Å²) in [6, 6.07) is 0.845. The third-order valence-electron chi connectivity index (χ3n) is 4.34. The molecule has 3 nitrogen and oxygen atoms in total. The van der Waals surface area contributed by atoms with Crippen molar-refractivity contribution in [1.29, 1.82) is 0 Å². The third kappa shape index (κ3) is 3.00. The first-order chi connectivity index (χ1) is 10.6. The number of aromatic amines is 1. The van der Waals surface area contributed by atoms with Crippen LogP contribution in [-0.2, 0) is 6.42 Å². The van der Waals surface area contributed by atoms with E-state index < -0.39 is 22.2 Å². The Morgan fingerprint density at radius 1 is 1.23 bits per heavy atom. The molecule has 0 spiro atoms. The molecule has 22 heavy (non-hydrogen) atoms. The molecule has 118 valence electrons. The van der Waals surface area contributed by atoms with E-state index >= 15 is 0 Å². The smallest absolute Gasteiger partial charge is 0.258 e. The van der Waals surface area contributed by atoms with Crippen LogP contribution in [0.15, 0.2) is 10.9 Å². The van der Waals surface area contributed by atoms with E-state index in [0.717, 1.165) is 18.9 Å². The minimum atomic E-state index is -1.16. The molecule has 1 aromatic heterocycles. The molecule has 6 heteroatoms. The number of nitrogens with one attached hydrogen (secondary N) is 1. The molecule has 1 fully saturated rings. The van der Waals surface area contributed by atoms with Gasteiger partial charge >= 0.3 is 0 Å². The van der Waals surface area contributed by atoms with E-state index in [1.54, 1.807) is 0 Å². The maximum atomic E-state index is 13.6. The Hall–Kier alpha value is -1.49. The summed E-state index contributed by atoms with van der Waals surface area (Å²) in [6.07, 6.45) is 7.70. The van der Waals surface area contributed by atoms with E-state index in [0.29, 0.717) is 18.2 Å². The molecule has 0 bridgehead atoms. The van der Waals surface area contributed by atoms with E-state index in [4.69, 9.17) is 11.6 Å². The van der Waals surface area contributed by atoms with Gasteiger partial charge in [-0.1, -0.05) is 50.1 Å². The van der Waals surface area contributed by atoms with Crippen molar-refractivity contribution in [2.75, 3.05) is 0 Å². The Bertz CT molecular complexity index is 752. The summed E-state index contributed by atoms with van der Waals surface area (Å²) in [6.45, 7) is 0. The fourth-order valence-electron chi connectivity index (χ4n) is 3.17. The Balaban J connectivity index is 1.99. The van der Waals surface area contributed by atoms with Gasteiger partial charge in [0.25, 0.3) is 5.56 Å². The lowest BCUT2D eigenvalue weighted by Gasteiger charge is -2.13. The number of halogens is 3. The lowest BCUT2D eigenvalue weighted by molar-refractivity contribution is 0.448. The van der Waals surface area contributed by atoms with Gasteiger partial charge in [-0.3, -0.25) is 4.79 Å². The zero-order valence-corrected chi connectivity index (χ0v) is 12.8. The average molecular weight is 327 g/mol. The highest BCUT2D eigenvalue weighted by Crippen LogP contribution is 2.27. The summed E-state index contributed by atoms with van der Waals surface area (Å²) in [5, 5.41) is -0.447. The molecule has 1 aromatic carbocycles. The van der Waals surface area contributed by atoms with Crippen LogP contribution < -0.4 is 5.56 Å². The van der Waals surface area contributed by atoms with Crippen LogP contribution in [0.1, 0.15) is 44.3 Å². The minimum absolute atomic E-state index is 0.0199. The topological polar surface area (TPSA) is 45.8 Å². The Morgan fingerprint density at radius 2 is 1.91 bits per heavy atom. The van der Waals surface area contributed by atoms with E-state index in [2.05, 4.69) is 9.97 Å². The van der Waals surface area contributed by atoms with Crippen LogP contribution in [0.2, 0.25) is 5.02 Å². The van der Waals surface area contributed by atoms with E-state index in [-0.39, 0.29) is 10.9 Å².